The van der Waals surface area contributed by atoms with Gasteiger partial charge in [0.25, 0.3) is 0 Å². The molecule has 0 aliphatic heterocycles. The van der Waals surface area contributed by atoms with E-state index in [2.05, 4.69) is 9.97 Å². The summed E-state index contributed by atoms with van der Waals surface area (Å²) in [6.45, 7) is 1.91. The Balaban J connectivity index is 2.05. The maximum atomic E-state index is 10.0. The lowest BCUT2D eigenvalue weighted by Crippen LogP contribution is -2.31. The fourth-order valence-corrected chi connectivity index (χ4v) is 2.99. The molecule has 2 atom stereocenters. The average molecular weight is 210 g/mol. The molecule has 2 rings (SSSR count). The summed E-state index contributed by atoms with van der Waals surface area (Å²) in [5.41, 5.74) is -0.539. The summed E-state index contributed by atoms with van der Waals surface area (Å²) in [5.74, 6) is 0. The van der Waals surface area contributed by atoms with E-state index in [4.69, 9.17) is 0 Å². The highest BCUT2D eigenvalue weighted by molar-refractivity contribution is 8.00. The van der Waals surface area contributed by atoms with Crippen molar-refractivity contribution in [2.75, 3.05) is 0 Å². The lowest BCUT2D eigenvalue weighted by molar-refractivity contribution is 0.0734. The van der Waals surface area contributed by atoms with Crippen LogP contribution in [0.2, 0.25) is 0 Å². The van der Waals surface area contributed by atoms with Gasteiger partial charge in [0.2, 0.25) is 0 Å². The number of rotatable bonds is 2. The summed E-state index contributed by atoms with van der Waals surface area (Å²) < 4.78 is 0. The molecule has 0 aromatic carbocycles. The molecule has 1 saturated carbocycles. The van der Waals surface area contributed by atoms with E-state index in [1.54, 1.807) is 30.4 Å². The number of thioether (sulfide) groups is 1. The first-order valence-electron chi connectivity index (χ1n) is 4.83. The van der Waals surface area contributed by atoms with Crippen molar-refractivity contribution in [3.63, 3.8) is 0 Å². The molecule has 3 nitrogen and oxygen atoms in total. The summed E-state index contributed by atoms with van der Waals surface area (Å²) in [6.07, 6.45) is 8.16. The summed E-state index contributed by atoms with van der Waals surface area (Å²) in [6, 6.07) is 0. The number of hydrogen-bond donors (Lipinski definition) is 1. The van der Waals surface area contributed by atoms with Crippen molar-refractivity contribution in [1.82, 2.24) is 9.97 Å². The summed E-state index contributed by atoms with van der Waals surface area (Å²) in [4.78, 5) is 8.21. The Hall–Kier alpha value is -0.610. The van der Waals surface area contributed by atoms with Crippen LogP contribution in [0.1, 0.15) is 26.2 Å². The highest BCUT2D eigenvalue weighted by Crippen LogP contribution is 2.40. The van der Waals surface area contributed by atoms with Crippen molar-refractivity contribution in [2.45, 2.75) is 42.1 Å². The molecular formula is C10H14N2OS. The van der Waals surface area contributed by atoms with Crippen molar-refractivity contribution >= 4 is 11.8 Å². The van der Waals surface area contributed by atoms with Crippen LogP contribution in [0.25, 0.3) is 0 Å². The van der Waals surface area contributed by atoms with Crippen LogP contribution in [0.4, 0.5) is 0 Å². The molecule has 1 aliphatic rings. The Kier molecular flexibility index (Phi) is 2.74. The van der Waals surface area contributed by atoms with E-state index in [-0.39, 0.29) is 5.25 Å². The Morgan fingerprint density at radius 2 is 2.43 bits per heavy atom. The number of aromatic nitrogens is 2. The maximum absolute atomic E-state index is 10.0. The molecule has 1 fully saturated rings. The number of nitrogens with zero attached hydrogens (tertiary/aromatic N) is 2. The molecule has 1 heterocycles. The standard InChI is InChI=1S/C10H14N2OS/c1-10(13)4-2-3-8(10)14-9-7-11-5-6-12-9/h5-8,13H,2-4H2,1H3. The third-order valence-corrected chi connectivity index (χ3v) is 4.13. The summed E-state index contributed by atoms with van der Waals surface area (Å²) >= 11 is 1.63. The minimum Gasteiger partial charge on any atom is -0.389 e. The Morgan fingerprint density at radius 3 is 3.00 bits per heavy atom. The molecule has 0 saturated heterocycles. The lowest BCUT2D eigenvalue weighted by Gasteiger charge is -2.24. The third-order valence-electron chi connectivity index (χ3n) is 2.65. The minimum absolute atomic E-state index is 0.263. The van der Waals surface area contributed by atoms with Crippen LogP contribution in [0.3, 0.4) is 0 Å². The van der Waals surface area contributed by atoms with E-state index >= 15 is 0 Å². The Morgan fingerprint density at radius 1 is 1.57 bits per heavy atom. The predicted molar refractivity (Wildman–Crippen MR) is 56.2 cm³/mol. The second-order valence-corrected chi connectivity index (χ2v) is 5.12. The van der Waals surface area contributed by atoms with Gasteiger partial charge < -0.3 is 5.11 Å². The fraction of sp³-hybridized carbons (Fsp3) is 0.600. The van der Waals surface area contributed by atoms with E-state index in [1.807, 2.05) is 6.92 Å². The highest BCUT2D eigenvalue weighted by Gasteiger charge is 2.37. The monoisotopic (exact) mass is 210 g/mol. The molecule has 76 valence electrons. The smallest absolute Gasteiger partial charge is 0.115 e. The van der Waals surface area contributed by atoms with E-state index in [9.17, 15) is 5.11 Å². The molecule has 0 bridgehead atoms. The van der Waals surface area contributed by atoms with Gasteiger partial charge in [0.15, 0.2) is 0 Å². The molecule has 2 unspecified atom stereocenters. The van der Waals surface area contributed by atoms with Gasteiger partial charge in [-0.15, -0.1) is 0 Å². The van der Waals surface area contributed by atoms with Crippen LogP contribution < -0.4 is 0 Å². The normalized spacial score (nSPS) is 32.0. The fourth-order valence-electron chi connectivity index (χ4n) is 1.80. The molecule has 4 heteroatoms. The number of aliphatic hydroxyl groups is 1. The van der Waals surface area contributed by atoms with Gasteiger partial charge in [0.05, 0.1) is 11.8 Å². The molecule has 0 radical (unpaired) electrons. The van der Waals surface area contributed by atoms with Crippen LogP contribution >= 0.6 is 11.8 Å². The maximum Gasteiger partial charge on any atom is 0.115 e. The molecular weight excluding hydrogens is 196 g/mol. The summed E-state index contributed by atoms with van der Waals surface area (Å²) in [7, 11) is 0. The highest BCUT2D eigenvalue weighted by atomic mass is 32.2. The van der Waals surface area contributed by atoms with E-state index < -0.39 is 5.60 Å². The predicted octanol–water partition coefficient (Wildman–Crippen LogP) is 1.87. The molecule has 0 spiro atoms. The van der Waals surface area contributed by atoms with Gasteiger partial charge >= 0.3 is 0 Å². The SMILES string of the molecule is CC1(O)CCCC1Sc1cnccn1. The molecule has 1 aromatic rings. The Labute approximate surface area is 88.0 Å². The molecule has 1 aromatic heterocycles. The van der Waals surface area contributed by atoms with Crippen molar-refractivity contribution in [1.29, 1.82) is 0 Å². The third kappa shape index (κ3) is 2.07. The van der Waals surface area contributed by atoms with Gasteiger partial charge in [0.1, 0.15) is 5.03 Å². The first kappa shape index (κ1) is 9.93. The molecule has 0 amide bonds. The van der Waals surface area contributed by atoms with Gasteiger partial charge in [-0.1, -0.05) is 11.8 Å². The van der Waals surface area contributed by atoms with Gasteiger partial charge in [-0.2, -0.15) is 0 Å². The first-order valence-corrected chi connectivity index (χ1v) is 5.71. The average Bonchev–Trinajstić information content (AvgIpc) is 2.48. The zero-order valence-electron chi connectivity index (χ0n) is 8.18. The minimum atomic E-state index is -0.539. The van der Waals surface area contributed by atoms with Crippen molar-refractivity contribution in [3.05, 3.63) is 18.6 Å². The van der Waals surface area contributed by atoms with Gasteiger partial charge in [-0.3, -0.25) is 4.98 Å². The first-order chi connectivity index (χ1) is 6.68. The Bertz CT molecular complexity index is 302. The van der Waals surface area contributed by atoms with Crippen molar-refractivity contribution < 1.29 is 5.11 Å². The zero-order valence-corrected chi connectivity index (χ0v) is 9.00. The second-order valence-electron chi connectivity index (χ2n) is 3.90. The largest absolute Gasteiger partial charge is 0.389 e. The topological polar surface area (TPSA) is 46.0 Å². The van der Waals surface area contributed by atoms with Crippen LogP contribution in [0.15, 0.2) is 23.6 Å². The van der Waals surface area contributed by atoms with Crippen LogP contribution in [0, 0.1) is 0 Å². The lowest BCUT2D eigenvalue weighted by atomic mass is 10.1. The van der Waals surface area contributed by atoms with E-state index in [0.717, 1.165) is 24.3 Å². The number of hydrogen-bond acceptors (Lipinski definition) is 4. The van der Waals surface area contributed by atoms with Gasteiger partial charge in [-0.05, 0) is 26.2 Å². The second kappa shape index (κ2) is 3.87. The summed E-state index contributed by atoms with van der Waals surface area (Å²) in [5, 5.41) is 11.2. The van der Waals surface area contributed by atoms with Crippen molar-refractivity contribution in [3.8, 4) is 0 Å². The van der Waals surface area contributed by atoms with E-state index in [1.165, 1.54) is 0 Å². The quantitative estimate of drug-likeness (QED) is 0.809. The zero-order chi connectivity index (χ0) is 10.0. The molecule has 1 N–H and O–H groups in total. The van der Waals surface area contributed by atoms with E-state index in [0.29, 0.717) is 0 Å². The molecule has 14 heavy (non-hydrogen) atoms. The van der Waals surface area contributed by atoms with Gasteiger partial charge in [-0.25, -0.2) is 4.98 Å². The molecule has 1 aliphatic carbocycles. The van der Waals surface area contributed by atoms with Crippen LogP contribution in [-0.2, 0) is 0 Å². The van der Waals surface area contributed by atoms with Crippen molar-refractivity contribution in [2.24, 2.45) is 0 Å². The van der Waals surface area contributed by atoms with Crippen LogP contribution in [0.5, 0.6) is 0 Å². The van der Waals surface area contributed by atoms with Gasteiger partial charge in [0, 0.05) is 17.6 Å². The van der Waals surface area contributed by atoms with Crippen LogP contribution in [-0.4, -0.2) is 25.9 Å².